The third kappa shape index (κ3) is 4.96. The number of amides is 1. The third-order valence-electron chi connectivity index (χ3n) is 2.85. The Morgan fingerprint density at radius 3 is 2.39 bits per heavy atom. The maximum absolute atomic E-state index is 11.7. The Bertz CT molecular complexity index is 352. The van der Waals surface area contributed by atoms with Gasteiger partial charge in [0.2, 0.25) is 5.91 Å². The van der Waals surface area contributed by atoms with Crippen molar-refractivity contribution in [3.05, 3.63) is 0 Å². The molecule has 0 aliphatic rings. The number of thioether (sulfide) groups is 1. The standard InChI is InChI=1S/C12H20N2O3S/c1-5-9(11(16)17)18-6-10(15)14-12(4,7-13)8(2)3/h8-9H,5-6H2,1-4H3,(H,14,15)(H,16,17). The summed E-state index contributed by atoms with van der Waals surface area (Å²) in [6.45, 7) is 7.12. The molecule has 0 saturated heterocycles. The first-order valence-corrected chi connectivity index (χ1v) is 6.88. The molecule has 18 heavy (non-hydrogen) atoms. The van der Waals surface area contributed by atoms with Crippen LogP contribution in [-0.2, 0) is 9.59 Å². The molecule has 0 aliphatic carbocycles. The molecule has 0 aromatic heterocycles. The zero-order valence-corrected chi connectivity index (χ0v) is 12.0. The lowest BCUT2D eigenvalue weighted by molar-refractivity contribution is -0.136. The molecule has 0 fully saturated rings. The van der Waals surface area contributed by atoms with Crippen molar-refractivity contribution in [2.24, 2.45) is 5.92 Å². The van der Waals surface area contributed by atoms with Gasteiger partial charge >= 0.3 is 5.97 Å². The van der Waals surface area contributed by atoms with Gasteiger partial charge in [-0.05, 0) is 19.3 Å². The van der Waals surface area contributed by atoms with Gasteiger partial charge in [0, 0.05) is 0 Å². The molecule has 0 rings (SSSR count). The molecular weight excluding hydrogens is 252 g/mol. The molecule has 5 nitrogen and oxygen atoms in total. The van der Waals surface area contributed by atoms with Crippen molar-refractivity contribution in [3.63, 3.8) is 0 Å². The van der Waals surface area contributed by atoms with E-state index in [1.54, 1.807) is 13.8 Å². The fourth-order valence-electron chi connectivity index (χ4n) is 1.17. The second kappa shape index (κ2) is 7.27. The molecular formula is C12H20N2O3S. The van der Waals surface area contributed by atoms with Crippen LogP contribution >= 0.6 is 11.8 Å². The fourth-order valence-corrected chi connectivity index (χ4v) is 1.97. The quantitative estimate of drug-likeness (QED) is 0.735. The highest BCUT2D eigenvalue weighted by Crippen LogP contribution is 2.17. The first kappa shape index (κ1) is 16.8. The molecule has 0 aliphatic heterocycles. The van der Waals surface area contributed by atoms with Crippen LogP contribution in [0.4, 0.5) is 0 Å². The van der Waals surface area contributed by atoms with E-state index in [4.69, 9.17) is 10.4 Å². The fraction of sp³-hybridized carbons (Fsp3) is 0.750. The zero-order chi connectivity index (χ0) is 14.3. The van der Waals surface area contributed by atoms with Gasteiger partial charge in [-0.2, -0.15) is 5.26 Å². The van der Waals surface area contributed by atoms with Gasteiger partial charge in [0.1, 0.15) is 10.8 Å². The van der Waals surface area contributed by atoms with Crippen molar-refractivity contribution in [3.8, 4) is 6.07 Å². The van der Waals surface area contributed by atoms with Crippen molar-refractivity contribution >= 4 is 23.6 Å². The summed E-state index contributed by atoms with van der Waals surface area (Å²) in [5.41, 5.74) is -0.914. The Morgan fingerprint density at radius 2 is 2.06 bits per heavy atom. The largest absolute Gasteiger partial charge is 0.480 e. The molecule has 0 aromatic rings. The third-order valence-corrected chi connectivity index (χ3v) is 4.21. The number of hydrogen-bond acceptors (Lipinski definition) is 4. The lowest BCUT2D eigenvalue weighted by atomic mass is 9.90. The Kier molecular flexibility index (Phi) is 6.77. The van der Waals surface area contributed by atoms with Gasteiger partial charge in [0.25, 0.3) is 0 Å². The number of nitrogens with zero attached hydrogens (tertiary/aromatic N) is 1. The summed E-state index contributed by atoms with van der Waals surface area (Å²) in [6.07, 6.45) is 0.465. The van der Waals surface area contributed by atoms with Crippen LogP contribution in [0.3, 0.4) is 0 Å². The summed E-state index contributed by atoms with van der Waals surface area (Å²) < 4.78 is 0. The number of carboxylic acids is 1. The van der Waals surface area contributed by atoms with Crippen molar-refractivity contribution in [1.29, 1.82) is 5.26 Å². The van der Waals surface area contributed by atoms with E-state index >= 15 is 0 Å². The van der Waals surface area contributed by atoms with Crippen molar-refractivity contribution in [1.82, 2.24) is 5.32 Å². The van der Waals surface area contributed by atoms with E-state index < -0.39 is 16.8 Å². The van der Waals surface area contributed by atoms with Crippen LogP contribution in [0.1, 0.15) is 34.1 Å². The van der Waals surface area contributed by atoms with Crippen LogP contribution in [-0.4, -0.2) is 33.5 Å². The van der Waals surface area contributed by atoms with E-state index in [1.807, 2.05) is 13.8 Å². The minimum Gasteiger partial charge on any atom is -0.480 e. The van der Waals surface area contributed by atoms with E-state index in [9.17, 15) is 9.59 Å². The van der Waals surface area contributed by atoms with Crippen LogP contribution in [0.5, 0.6) is 0 Å². The maximum atomic E-state index is 11.7. The first-order chi connectivity index (χ1) is 8.26. The maximum Gasteiger partial charge on any atom is 0.316 e. The average Bonchev–Trinajstić information content (AvgIpc) is 2.28. The number of carboxylic acid groups (broad SMARTS) is 1. The molecule has 2 unspecified atom stereocenters. The molecule has 2 atom stereocenters. The minimum atomic E-state index is -0.915. The van der Waals surface area contributed by atoms with Crippen molar-refractivity contribution in [2.45, 2.75) is 44.9 Å². The molecule has 0 heterocycles. The van der Waals surface area contributed by atoms with Gasteiger partial charge in [0.05, 0.1) is 11.8 Å². The van der Waals surface area contributed by atoms with Gasteiger partial charge < -0.3 is 10.4 Å². The molecule has 102 valence electrons. The van der Waals surface area contributed by atoms with Crippen molar-refractivity contribution in [2.75, 3.05) is 5.75 Å². The second-order valence-electron chi connectivity index (χ2n) is 4.56. The summed E-state index contributed by atoms with van der Waals surface area (Å²) in [7, 11) is 0. The lowest BCUT2D eigenvalue weighted by Crippen LogP contribution is -2.49. The van der Waals surface area contributed by atoms with Gasteiger partial charge in [-0.1, -0.05) is 20.8 Å². The van der Waals surface area contributed by atoms with Gasteiger partial charge in [-0.3, -0.25) is 9.59 Å². The van der Waals surface area contributed by atoms with E-state index in [0.717, 1.165) is 11.8 Å². The first-order valence-electron chi connectivity index (χ1n) is 5.83. The molecule has 0 aromatic carbocycles. The lowest BCUT2D eigenvalue weighted by Gasteiger charge is -2.27. The smallest absolute Gasteiger partial charge is 0.316 e. The highest BCUT2D eigenvalue weighted by atomic mass is 32.2. The number of carbonyl (C=O) groups excluding carboxylic acids is 1. The van der Waals surface area contributed by atoms with Gasteiger partial charge in [-0.25, -0.2) is 0 Å². The topological polar surface area (TPSA) is 90.2 Å². The van der Waals surface area contributed by atoms with E-state index in [-0.39, 0.29) is 17.6 Å². The Labute approximate surface area is 112 Å². The monoisotopic (exact) mass is 272 g/mol. The highest BCUT2D eigenvalue weighted by Gasteiger charge is 2.30. The summed E-state index contributed by atoms with van der Waals surface area (Å²) in [4.78, 5) is 22.5. The Balaban J connectivity index is 4.36. The van der Waals surface area contributed by atoms with Crippen molar-refractivity contribution < 1.29 is 14.7 Å². The van der Waals surface area contributed by atoms with E-state index in [2.05, 4.69) is 11.4 Å². The normalized spacial score (nSPS) is 15.6. The number of hydrogen-bond donors (Lipinski definition) is 2. The zero-order valence-electron chi connectivity index (χ0n) is 11.2. The van der Waals surface area contributed by atoms with E-state index in [1.165, 1.54) is 0 Å². The Hall–Kier alpha value is -1.22. The van der Waals surface area contributed by atoms with Gasteiger partial charge in [0.15, 0.2) is 0 Å². The van der Waals surface area contributed by atoms with Crippen LogP contribution in [0.15, 0.2) is 0 Å². The predicted octanol–water partition coefficient (Wildman–Crippen LogP) is 1.64. The summed E-state index contributed by atoms with van der Waals surface area (Å²) in [5, 5.41) is 20.0. The molecule has 1 amide bonds. The predicted molar refractivity (Wildman–Crippen MR) is 71.2 cm³/mol. The van der Waals surface area contributed by atoms with Crippen LogP contribution in [0, 0.1) is 17.2 Å². The number of rotatable bonds is 7. The van der Waals surface area contributed by atoms with Gasteiger partial charge in [-0.15, -0.1) is 11.8 Å². The van der Waals surface area contributed by atoms with E-state index in [0.29, 0.717) is 6.42 Å². The molecule has 6 heteroatoms. The minimum absolute atomic E-state index is 0.0158. The molecule has 0 radical (unpaired) electrons. The number of carbonyl (C=O) groups is 2. The van der Waals surface area contributed by atoms with Crippen LogP contribution in [0.2, 0.25) is 0 Å². The molecule has 2 N–H and O–H groups in total. The second-order valence-corrected chi connectivity index (χ2v) is 5.75. The number of nitriles is 1. The molecule has 0 saturated carbocycles. The molecule has 0 bridgehead atoms. The number of aliphatic carboxylic acids is 1. The number of nitrogens with one attached hydrogen (secondary N) is 1. The average molecular weight is 272 g/mol. The Morgan fingerprint density at radius 1 is 1.50 bits per heavy atom. The summed E-state index contributed by atoms with van der Waals surface area (Å²) >= 11 is 1.08. The summed E-state index contributed by atoms with van der Waals surface area (Å²) in [6, 6.07) is 2.08. The van der Waals surface area contributed by atoms with Crippen LogP contribution < -0.4 is 5.32 Å². The molecule has 0 spiro atoms. The van der Waals surface area contributed by atoms with Crippen LogP contribution in [0.25, 0.3) is 0 Å². The highest BCUT2D eigenvalue weighted by molar-refractivity contribution is 8.01. The SMILES string of the molecule is CCC(SCC(=O)NC(C)(C#N)C(C)C)C(=O)O. The summed E-state index contributed by atoms with van der Waals surface area (Å²) in [5.74, 6) is -1.19.